The monoisotopic (exact) mass is 426 g/mol. The van der Waals surface area contributed by atoms with E-state index in [9.17, 15) is 0 Å². The molecule has 5 heteroatoms. The van der Waals surface area contributed by atoms with Crippen molar-refractivity contribution in [1.82, 2.24) is 10.2 Å². The highest BCUT2D eigenvalue weighted by molar-refractivity contribution is 8.00. The van der Waals surface area contributed by atoms with Crippen molar-refractivity contribution in [2.45, 2.75) is 43.6 Å². The highest BCUT2D eigenvalue weighted by atomic mass is 32.2. The largest absolute Gasteiger partial charge is 0.492 e. The van der Waals surface area contributed by atoms with E-state index in [0.717, 1.165) is 63.7 Å². The summed E-state index contributed by atoms with van der Waals surface area (Å²) < 4.78 is 12.3. The van der Waals surface area contributed by atoms with E-state index in [1.54, 1.807) is 0 Å². The minimum absolute atomic E-state index is 0.154. The first-order chi connectivity index (χ1) is 14.8. The number of nitrogens with one attached hydrogen (secondary N) is 1. The van der Waals surface area contributed by atoms with Gasteiger partial charge in [-0.3, -0.25) is 4.90 Å². The van der Waals surface area contributed by atoms with E-state index in [4.69, 9.17) is 9.47 Å². The summed E-state index contributed by atoms with van der Waals surface area (Å²) >= 11 is 2.02. The van der Waals surface area contributed by atoms with Crippen LogP contribution < -0.4 is 10.1 Å². The number of hydrogen-bond acceptors (Lipinski definition) is 5. The van der Waals surface area contributed by atoms with E-state index in [-0.39, 0.29) is 6.10 Å². The molecule has 1 N–H and O–H groups in total. The minimum atomic E-state index is 0.154. The normalized spacial score (nSPS) is 23.4. The van der Waals surface area contributed by atoms with Gasteiger partial charge < -0.3 is 14.8 Å². The van der Waals surface area contributed by atoms with Gasteiger partial charge in [-0.05, 0) is 36.1 Å². The van der Waals surface area contributed by atoms with Crippen LogP contribution in [0.5, 0.6) is 5.75 Å². The fourth-order valence-electron chi connectivity index (χ4n) is 4.34. The Kier molecular flexibility index (Phi) is 8.09. The van der Waals surface area contributed by atoms with E-state index in [1.165, 1.54) is 11.1 Å². The standard InChI is InChI=1S/C25H34N2O2S/c1-2-6-22(27-13-14-28-25(17-27)21-7-4-3-5-8-21)18-29-23-11-9-20(10-12-23)15-24-16-26-19-30-24/h3-5,7-12,22,24-26H,2,6,13-19H2,1H3. The molecule has 0 aliphatic carbocycles. The molecule has 2 aliphatic rings. The second-order valence-electron chi connectivity index (χ2n) is 8.25. The molecule has 0 radical (unpaired) electrons. The Bertz CT molecular complexity index is 750. The number of nitrogens with zero attached hydrogens (tertiary/aromatic N) is 1. The van der Waals surface area contributed by atoms with Crippen molar-refractivity contribution in [3.63, 3.8) is 0 Å². The third-order valence-corrected chi connectivity index (χ3v) is 7.21. The summed E-state index contributed by atoms with van der Waals surface area (Å²) in [5, 5.41) is 4.12. The van der Waals surface area contributed by atoms with Gasteiger partial charge in [0.2, 0.25) is 0 Å². The first kappa shape index (κ1) is 21.7. The second kappa shape index (κ2) is 11.2. The zero-order valence-electron chi connectivity index (χ0n) is 18.0. The van der Waals surface area contributed by atoms with Gasteiger partial charge >= 0.3 is 0 Å². The lowest BCUT2D eigenvalue weighted by Gasteiger charge is -2.38. The van der Waals surface area contributed by atoms with Crippen molar-refractivity contribution in [2.24, 2.45) is 0 Å². The number of rotatable bonds is 9. The van der Waals surface area contributed by atoms with Crippen LogP contribution in [0.15, 0.2) is 54.6 Å². The maximum Gasteiger partial charge on any atom is 0.119 e. The predicted molar refractivity (Wildman–Crippen MR) is 125 cm³/mol. The number of ether oxygens (including phenoxy) is 2. The van der Waals surface area contributed by atoms with Crippen molar-refractivity contribution < 1.29 is 9.47 Å². The number of thioether (sulfide) groups is 1. The lowest BCUT2D eigenvalue weighted by molar-refractivity contribution is -0.0521. The molecule has 0 saturated carbocycles. The van der Waals surface area contributed by atoms with Crippen LogP contribution in [0.25, 0.3) is 0 Å². The Morgan fingerprint density at radius 3 is 2.73 bits per heavy atom. The lowest BCUT2D eigenvalue weighted by atomic mass is 10.0. The maximum absolute atomic E-state index is 6.24. The van der Waals surface area contributed by atoms with E-state index in [2.05, 4.69) is 71.7 Å². The molecule has 2 fully saturated rings. The SMILES string of the molecule is CCCC(COc1ccc(CC2CNCS2)cc1)N1CCOC(c2ccccc2)C1. The number of benzene rings is 2. The van der Waals surface area contributed by atoms with Gasteiger partial charge in [-0.15, -0.1) is 11.8 Å². The van der Waals surface area contributed by atoms with Crippen LogP contribution in [0.2, 0.25) is 0 Å². The predicted octanol–water partition coefficient (Wildman–Crippen LogP) is 4.51. The molecule has 0 spiro atoms. The van der Waals surface area contributed by atoms with Crippen molar-refractivity contribution in [1.29, 1.82) is 0 Å². The second-order valence-corrected chi connectivity index (χ2v) is 9.54. The first-order valence-electron chi connectivity index (χ1n) is 11.3. The average molecular weight is 427 g/mol. The first-order valence-corrected chi connectivity index (χ1v) is 12.3. The van der Waals surface area contributed by atoms with Crippen LogP contribution in [0, 0.1) is 0 Å². The fraction of sp³-hybridized carbons (Fsp3) is 0.520. The van der Waals surface area contributed by atoms with Gasteiger partial charge in [0.25, 0.3) is 0 Å². The van der Waals surface area contributed by atoms with Gasteiger partial charge in [0.05, 0.1) is 12.7 Å². The molecule has 0 bridgehead atoms. The number of hydrogen-bond donors (Lipinski definition) is 1. The summed E-state index contributed by atoms with van der Waals surface area (Å²) in [6, 6.07) is 19.7. The van der Waals surface area contributed by atoms with E-state index in [0.29, 0.717) is 11.3 Å². The fourth-order valence-corrected chi connectivity index (χ4v) is 5.36. The summed E-state index contributed by atoms with van der Waals surface area (Å²) in [7, 11) is 0. The number of morpholine rings is 1. The average Bonchev–Trinajstić information content (AvgIpc) is 3.31. The summed E-state index contributed by atoms with van der Waals surface area (Å²) in [5.41, 5.74) is 2.66. The van der Waals surface area contributed by atoms with Crippen LogP contribution in [0.3, 0.4) is 0 Å². The smallest absolute Gasteiger partial charge is 0.119 e. The van der Waals surface area contributed by atoms with Gasteiger partial charge in [0, 0.05) is 36.8 Å². The summed E-state index contributed by atoms with van der Waals surface area (Å²) in [4.78, 5) is 2.56. The van der Waals surface area contributed by atoms with Crippen molar-refractivity contribution in [3.05, 3.63) is 65.7 Å². The van der Waals surface area contributed by atoms with Crippen molar-refractivity contribution in [2.75, 3.05) is 38.7 Å². The van der Waals surface area contributed by atoms with Crippen LogP contribution in [0.1, 0.15) is 37.0 Å². The summed E-state index contributed by atoms with van der Waals surface area (Å²) in [5.74, 6) is 2.06. The van der Waals surface area contributed by atoms with Crippen LogP contribution in [0.4, 0.5) is 0 Å². The Morgan fingerprint density at radius 2 is 2.00 bits per heavy atom. The molecule has 3 atom stereocenters. The molecular formula is C25H34N2O2S. The molecule has 2 aromatic carbocycles. The lowest BCUT2D eigenvalue weighted by Crippen LogP contribution is -2.47. The van der Waals surface area contributed by atoms with E-state index < -0.39 is 0 Å². The topological polar surface area (TPSA) is 33.7 Å². The Morgan fingerprint density at radius 1 is 1.17 bits per heavy atom. The Balaban J connectivity index is 1.31. The Labute approximate surface area is 185 Å². The van der Waals surface area contributed by atoms with Crippen LogP contribution >= 0.6 is 11.8 Å². The highest BCUT2D eigenvalue weighted by Crippen LogP contribution is 2.25. The molecule has 2 aliphatic heterocycles. The molecule has 30 heavy (non-hydrogen) atoms. The molecule has 0 aromatic heterocycles. The summed E-state index contributed by atoms with van der Waals surface area (Å²) in [6.45, 7) is 6.80. The molecule has 162 valence electrons. The third-order valence-electron chi connectivity index (χ3n) is 6.03. The van der Waals surface area contributed by atoms with Gasteiger partial charge in [-0.25, -0.2) is 0 Å². The van der Waals surface area contributed by atoms with Crippen molar-refractivity contribution in [3.8, 4) is 5.75 Å². The van der Waals surface area contributed by atoms with Gasteiger partial charge in [0.1, 0.15) is 12.4 Å². The van der Waals surface area contributed by atoms with Crippen LogP contribution in [-0.4, -0.2) is 54.9 Å². The zero-order valence-corrected chi connectivity index (χ0v) is 18.8. The molecule has 3 unspecified atom stereocenters. The highest BCUT2D eigenvalue weighted by Gasteiger charge is 2.27. The zero-order chi connectivity index (χ0) is 20.6. The molecule has 2 heterocycles. The molecule has 2 saturated heterocycles. The Hall–Kier alpha value is -1.53. The van der Waals surface area contributed by atoms with Gasteiger partial charge in [-0.1, -0.05) is 55.8 Å². The van der Waals surface area contributed by atoms with E-state index >= 15 is 0 Å². The van der Waals surface area contributed by atoms with E-state index in [1.807, 2.05) is 11.8 Å². The maximum atomic E-state index is 6.24. The third kappa shape index (κ3) is 6.01. The molecule has 4 rings (SSSR count). The quantitative estimate of drug-likeness (QED) is 0.638. The van der Waals surface area contributed by atoms with Crippen molar-refractivity contribution >= 4 is 11.8 Å². The van der Waals surface area contributed by atoms with Crippen LogP contribution in [-0.2, 0) is 11.2 Å². The van der Waals surface area contributed by atoms with Gasteiger partial charge in [0.15, 0.2) is 0 Å². The molecular weight excluding hydrogens is 392 g/mol. The van der Waals surface area contributed by atoms with Gasteiger partial charge in [-0.2, -0.15) is 0 Å². The minimum Gasteiger partial charge on any atom is -0.492 e. The molecule has 4 nitrogen and oxygen atoms in total. The summed E-state index contributed by atoms with van der Waals surface area (Å²) in [6.07, 6.45) is 3.59. The molecule has 2 aromatic rings. The molecule has 0 amide bonds.